The summed E-state index contributed by atoms with van der Waals surface area (Å²) in [7, 11) is 3.30. The summed E-state index contributed by atoms with van der Waals surface area (Å²) in [4.78, 5) is 33.8. The number of anilines is 1. The van der Waals surface area contributed by atoms with E-state index in [4.69, 9.17) is 117 Å². The van der Waals surface area contributed by atoms with Gasteiger partial charge in [0, 0.05) is 87.6 Å². The number of aryl methyl sites for hydroxylation is 2. The summed E-state index contributed by atoms with van der Waals surface area (Å²) in [5.74, 6) is 4.25. The molecule has 5 aromatic heterocycles. The molecular formula is C59H44Br3Cl8N7O5. The summed E-state index contributed by atoms with van der Waals surface area (Å²) >= 11 is 59.3. The first-order valence-corrected chi connectivity index (χ1v) is 29.5. The largest absolute Gasteiger partial charge is 0.497 e. The van der Waals surface area contributed by atoms with Crippen LogP contribution in [-0.4, -0.2) is 44.9 Å². The number of nitrogens with one attached hydrogen (secondary N) is 1. The van der Waals surface area contributed by atoms with Crippen LogP contribution in [0.5, 0.6) is 11.5 Å². The van der Waals surface area contributed by atoms with Crippen molar-refractivity contribution in [3.63, 3.8) is 0 Å². The Bertz CT molecular complexity index is 3810. The molecule has 82 heavy (non-hydrogen) atoms. The monoisotopic (exact) mass is 1450 g/mol. The minimum absolute atomic E-state index is 0.122. The molecule has 0 spiro atoms. The molecule has 0 atom stereocenters. The Labute approximate surface area is 538 Å². The summed E-state index contributed by atoms with van der Waals surface area (Å²) in [5.41, 5.74) is 12.6. The molecule has 0 bridgehead atoms. The number of carbonyl (C=O) groups is 1. The van der Waals surface area contributed by atoms with E-state index in [1.54, 1.807) is 82.9 Å². The van der Waals surface area contributed by atoms with Crippen molar-refractivity contribution < 1.29 is 23.1 Å². The van der Waals surface area contributed by atoms with Gasteiger partial charge in [0.15, 0.2) is 29.1 Å². The smallest absolute Gasteiger partial charge is 0.192 e. The van der Waals surface area contributed by atoms with Gasteiger partial charge >= 0.3 is 0 Å². The zero-order valence-corrected chi connectivity index (χ0v) is 54.2. The number of ether oxygens (including phenoxy) is 2. The lowest BCUT2D eigenvalue weighted by molar-refractivity contribution is 0.0992. The Morgan fingerprint density at radius 3 is 1.52 bits per heavy atom. The second-order valence-corrected chi connectivity index (χ2v) is 22.9. The molecule has 0 aliphatic carbocycles. The van der Waals surface area contributed by atoms with E-state index < -0.39 is 0 Å². The van der Waals surface area contributed by atoms with Crippen LogP contribution < -0.4 is 20.5 Å². The van der Waals surface area contributed by atoms with Gasteiger partial charge in [-0.25, -0.2) is 24.9 Å². The molecule has 0 aliphatic rings. The van der Waals surface area contributed by atoms with E-state index in [1.165, 1.54) is 6.20 Å². The molecule has 0 saturated carbocycles. The van der Waals surface area contributed by atoms with Gasteiger partial charge in [-0.05, 0) is 137 Å². The number of benzene rings is 5. The van der Waals surface area contributed by atoms with Gasteiger partial charge in [0.2, 0.25) is 0 Å². The van der Waals surface area contributed by atoms with Crippen LogP contribution in [0.3, 0.4) is 0 Å². The highest BCUT2D eigenvalue weighted by molar-refractivity contribution is 9.11. The number of Topliss-reactive ketones (excluding diaryl/α,β-unsaturated/α-hetero) is 1. The van der Waals surface area contributed by atoms with E-state index in [0.717, 1.165) is 37.1 Å². The SMILES string of the molecule is COc1ccc(CN)cc1.COc1ccc(CNc2ncc(Br)cc2-c2nc(C)oc2-c2cccc(Cl)c2Cl)cc1.Cc1nc(-c2cc(Br)cnc2Cl)c(-c2cccc(Cl)c2Cl)o1.O=C(Cc1cccc(Cl)c1Cl)c1cc(Br)cnc1Cl. The molecule has 0 unspecified atom stereocenters. The third-order valence-electron chi connectivity index (χ3n) is 11.5. The van der Waals surface area contributed by atoms with Crippen LogP contribution in [0.4, 0.5) is 5.82 Å². The van der Waals surface area contributed by atoms with Crippen LogP contribution in [-0.2, 0) is 19.5 Å². The topological polar surface area (TPSA) is 164 Å². The Balaban J connectivity index is 0.000000168. The molecule has 12 nitrogen and oxygen atoms in total. The zero-order valence-electron chi connectivity index (χ0n) is 43.4. The molecule has 422 valence electrons. The molecule has 10 aromatic rings. The van der Waals surface area contributed by atoms with Crippen molar-refractivity contribution >= 4 is 152 Å². The van der Waals surface area contributed by atoms with Crippen molar-refractivity contribution in [3.8, 4) is 56.7 Å². The fraction of sp³-hybridized carbons (Fsp3) is 0.119. The van der Waals surface area contributed by atoms with E-state index in [9.17, 15) is 4.79 Å². The van der Waals surface area contributed by atoms with Crippen molar-refractivity contribution in [3.05, 3.63) is 228 Å². The van der Waals surface area contributed by atoms with Crippen LogP contribution in [0, 0.1) is 13.8 Å². The summed E-state index contributed by atoms with van der Waals surface area (Å²) in [6.45, 7) is 4.71. The average Bonchev–Trinajstić information content (AvgIpc) is 4.23. The maximum atomic E-state index is 12.2. The first kappa shape index (κ1) is 64.3. The maximum Gasteiger partial charge on any atom is 0.192 e. The first-order chi connectivity index (χ1) is 39.3. The van der Waals surface area contributed by atoms with E-state index in [-0.39, 0.29) is 17.4 Å². The molecule has 23 heteroatoms. The van der Waals surface area contributed by atoms with E-state index in [1.807, 2.05) is 78.9 Å². The number of rotatable bonds is 13. The molecule has 5 aromatic carbocycles. The summed E-state index contributed by atoms with van der Waals surface area (Å²) < 4.78 is 24.2. The molecule has 0 fully saturated rings. The minimum atomic E-state index is -0.164. The highest BCUT2D eigenvalue weighted by Crippen LogP contribution is 2.43. The Morgan fingerprint density at radius 1 is 0.549 bits per heavy atom. The minimum Gasteiger partial charge on any atom is -0.497 e. The normalized spacial score (nSPS) is 10.6. The molecule has 0 radical (unpaired) electrons. The molecule has 0 aliphatic heterocycles. The van der Waals surface area contributed by atoms with Crippen LogP contribution in [0.1, 0.15) is 38.8 Å². The predicted molar refractivity (Wildman–Crippen MR) is 343 cm³/mol. The van der Waals surface area contributed by atoms with Crippen LogP contribution >= 0.6 is 141 Å². The van der Waals surface area contributed by atoms with E-state index >= 15 is 0 Å². The second-order valence-electron chi connectivity index (χ2n) is 17.1. The quantitative estimate of drug-likeness (QED) is 0.0830. The predicted octanol–water partition coefficient (Wildman–Crippen LogP) is 20.2. The molecule has 10 rings (SSSR count). The summed E-state index contributed by atoms with van der Waals surface area (Å²) in [5, 5.41) is 6.41. The lowest BCUT2D eigenvalue weighted by Gasteiger charge is -2.12. The first-order valence-electron chi connectivity index (χ1n) is 24.1. The summed E-state index contributed by atoms with van der Waals surface area (Å²) in [6.07, 6.45) is 5.01. The van der Waals surface area contributed by atoms with Gasteiger partial charge in [-0.15, -0.1) is 0 Å². The lowest BCUT2D eigenvalue weighted by atomic mass is 10.0. The highest BCUT2D eigenvalue weighted by atomic mass is 79.9. The number of nitrogens with two attached hydrogens (primary N) is 1. The Kier molecular flexibility index (Phi) is 24.0. The summed E-state index contributed by atoms with van der Waals surface area (Å²) in [6, 6.07) is 36.9. The fourth-order valence-electron chi connectivity index (χ4n) is 7.55. The van der Waals surface area contributed by atoms with Crippen molar-refractivity contribution in [2.75, 3.05) is 19.5 Å². The Morgan fingerprint density at radius 2 is 1.00 bits per heavy atom. The van der Waals surface area contributed by atoms with E-state index in [0.29, 0.717) is 121 Å². The number of aromatic nitrogens is 5. The number of nitrogens with zero attached hydrogens (tertiary/aromatic N) is 5. The van der Waals surface area contributed by atoms with Gasteiger partial charge in [-0.3, -0.25) is 4.79 Å². The van der Waals surface area contributed by atoms with Gasteiger partial charge < -0.3 is 29.4 Å². The van der Waals surface area contributed by atoms with Gasteiger partial charge in [0.05, 0.1) is 49.9 Å². The van der Waals surface area contributed by atoms with Gasteiger partial charge in [-0.2, -0.15) is 0 Å². The van der Waals surface area contributed by atoms with Crippen molar-refractivity contribution in [1.29, 1.82) is 0 Å². The molecular weight excluding hydrogens is 1410 g/mol. The number of oxazole rings is 2. The molecule has 5 heterocycles. The fourth-order valence-corrected chi connectivity index (χ4v) is 10.1. The third kappa shape index (κ3) is 17.0. The molecule has 0 saturated heterocycles. The van der Waals surface area contributed by atoms with Crippen molar-refractivity contribution in [2.45, 2.75) is 33.4 Å². The number of hydrogen-bond acceptors (Lipinski definition) is 12. The highest BCUT2D eigenvalue weighted by Gasteiger charge is 2.24. The van der Waals surface area contributed by atoms with Gasteiger partial charge in [-0.1, -0.05) is 141 Å². The van der Waals surface area contributed by atoms with Crippen molar-refractivity contribution in [2.24, 2.45) is 5.73 Å². The van der Waals surface area contributed by atoms with Gasteiger partial charge in [0.1, 0.15) is 39.0 Å². The second kappa shape index (κ2) is 30.5. The number of methoxy groups -OCH3 is 2. The maximum absolute atomic E-state index is 12.2. The number of pyridine rings is 3. The zero-order chi connectivity index (χ0) is 59.2. The number of ketones is 1. The average molecular weight is 1450 g/mol. The number of carbonyl (C=O) groups excluding carboxylic acids is 1. The number of hydrogen-bond donors (Lipinski definition) is 2. The van der Waals surface area contributed by atoms with Crippen LogP contribution in [0.15, 0.2) is 162 Å². The standard InChI is InChI=1S/C23H18BrCl2N3O2.C15H8BrCl3N2O.C13H7BrCl3NO.C8H11NO/c1-13-29-21(22(31-13)17-4-3-5-19(25)20(17)26)18-10-15(24)12-28-23(18)27-11-14-6-8-16(30-2)9-7-14;1-7-21-13(10-5-8(16)6-20-15(10)19)14(22-7)9-3-2-4-11(17)12(9)18;14-8-5-9(13(17)18-6-8)11(19)4-7-2-1-3-10(15)12(7)16;1-10-8-4-2-7(6-9)3-5-8/h3-10,12H,11H2,1-2H3,(H,27,28);2-6H,1H3;1-3,5-6H,4H2;2-5H,6,9H2,1H3. The molecule has 0 amide bonds. The van der Waals surface area contributed by atoms with E-state index in [2.05, 4.69) is 78.0 Å². The third-order valence-corrected chi connectivity index (χ3v) is 15.9. The Hall–Kier alpha value is -5.24. The van der Waals surface area contributed by atoms with Gasteiger partial charge in [0.25, 0.3) is 0 Å². The molecule has 3 N–H and O–H groups in total. The lowest BCUT2D eigenvalue weighted by Crippen LogP contribution is -2.06. The van der Waals surface area contributed by atoms with Crippen molar-refractivity contribution in [1.82, 2.24) is 24.9 Å². The number of halogens is 11. The van der Waals surface area contributed by atoms with Crippen LogP contribution in [0.2, 0.25) is 40.4 Å². The van der Waals surface area contributed by atoms with Crippen LogP contribution in [0.25, 0.3) is 45.2 Å².